The molecule has 3 heterocycles. The molecule has 4 aromatic rings. The summed E-state index contributed by atoms with van der Waals surface area (Å²) >= 11 is 0. The van der Waals surface area contributed by atoms with Crippen LogP contribution in [0.2, 0.25) is 0 Å². The van der Waals surface area contributed by atoms with Crippen LogP contribution in [0.15, 0.2) is 61.1 Å². The summed E-state index contributed by atoms with van der Waals surface area (Å²) in [6, 6.07) is 14.4. The molecule has 0 bridgehead atoms. The van der Waals surface area contributed by atoms with Gasteiger partial charge >= 0.3 is 0 Å². The Morgan fingerprint density at radius 1 is 1.26 bits per heavy atom. The van der Waals surface area contributed by atoms with Crippen molar-refractivity contribution in [2.75, 3.05) is 10.2 Å². The number of aromatic nitrogens is 3. The van der Waals surface area contributed by atoms with Gasteiger partial charge in [-0.3, -0.25) is 15.1 Å². The molecule has 0 spiro atoms. The first kappa shape index (κ1) is 24.6. The number of anilines is 2. The molecule has 11 heteroatoms. The quantitative estimate of drug-likeness (QED) is 0.212. The molecule has 0 radical (unpaired) electrons. The number of aromatic amines is 1. The highest BCUT2D eigenvalue weighted by Crippen LogP contribution is 2.38. The van der Waals surface area contributed by atoms with Gasteiger partial charge in [0.25, 0.3) is 11.8 Å². The van der Waals surface area contributed by atoms with Crippen LogP contribution in [-0.4, -0.2) is 26.7 Å². The van der Waals surface area contributed by atoms with Gasteiger partial charge in [0.05, 0.1) is 36.7 Å². The number of hydrogen-bond donors (Lipinski definition) is 4. The SMILES string of the molecule is CC(F)(F)c1cccc2c1CN(c1cc(-c3cc(C#N)ccc3C(=N)N)cc(NCc3c[nH]cn3)n1)C2=O. The minimum absolute atomic E-state index is 0.0825. The molecule has 2 aromatic heterocycles. The van der Waals surface area contributed by atoms with Gasteiger partial charge in [0.1, 0.15) is 17.5 Å². The molecule has 0 fully saturated rings. The van der Waals surface area contributed by atoms with E-state index in [4.69, 9.17) is 11.1 Å². The van der Waals surface area contributed by atoms with Crippen molar-refractivity contribution in [3.8, 4) is 17.2 Å². The smallest absolute Gasteiger partial charge is 0.270 e. The van der Waals surface area contributed by atoms with Gasteiger partial charge in [0.15, 0.2) is 0 Å². The van der Waals surface area contributed by atoms with Gasteiger partial charge in [-0.2, -0.15) is 5.26 Å². The predicted octanol–water partition coefficient (Wildman–Crippen LogP) is 4.51. The number of amides is 1. The van der Waals surface area contributed by atoms with E-state index in [1.54, 1.807) is 42.9 Å². The molecule has 5 N–H and O–H groups in total. The molecule has 0 atom stereocenters. The summed E-state index contributed by atoms with van der Waals surface area (Å²) in [6.45, 7) is 1.04. The number of carbonyl (C=O) groups excluding carboxylic acids is 1. The lowest BCUT2D eigenvalue weighted by molar-refractivity contribution is 0.0166. The fourth-order valence-electron chi connectivity index (χ4n) is 4.49. The van der Waals surface area contributed by atoms with Crippen molar-refractivity contribution in [3.63, 3.8) is 0 Å². The number of nitriles is 1. The molecule has 0 saturated heterocycles. The number of pyridine rings is 1. The molecule has 1 amide bonds. The van der Waals surface area contributed by atoms with Gasteiger partial charge < -0.3 is 16.0 Å². The van der Waals surface area contributed by atoms with Crippen molar-refractivity contribution in [2.24, 2.45) is 5.73 Å². The summed E-state index contributed by atoms with van der Waals surface area (Å²) in [7, 11) is 0. The largest absolute Gasteiger partial charge is 0.384 e. The van der Waals surface area contributed by atoms with Crippen LogP contribution in [0.3, 0.4) is 0 Å². The average Bonchev–Trinajstić information content (AvgIpc) is 3.54. The Morgan fingerprint density at radius 3 is 2.76 bits per heavy atom. The van der Waals surface area contributed by atoms with Crippen LogP contribution in [0.1, 0.15) is 45.2 Å². The summed E-state index contributed by atoms with van der Waals surface area (Å²) < 4.78 is 28.6. The number of nitrogens with zero attached hydrogens (tertiary/aromatic N) is 4. The number of halogens is 2. The van der Waals surface area contributed by atoms with E-state index in [2.05, 4.69) is 26.3 Å². The number of imidazole rings is 1. The normalized spacial score (nSPS) is 12.8. The molecule has 0 unspecified atom stereocenters. The lowest BCUT2D eigenvalue weighted by atomic mass is 9.97. The van der Waals surface area contributed by atoms with E-state index >= 15 is 0 Å². The van der Waals surface area contributed by atoms with Crippen LogP contribution in [0.4, 0.5) is 20.4 Å². The lowest BCUT2D eigenvalue weighted by Gasteiger charge is -2.19. The summed E-state index contributed by atoms with van der Waals surface area (Å²) in [5.41, 5.74) is 8.55. The second-order valence-corrected chi connectivity index (χ2v) is 8.91. The minimum atomic E-state index is -3.12. The van der Waals surface area contributed by atoms with E-state index in [0.29, 0.717) is 40.3 Å². The molecule has 1 aliphatic heterocycles. The van der Waals surface area contributed by atoms with E-state index in [0.717, 1.165) is 6.92 Å². The first-order valence-electron chi connectivity index (χ1n) is 11.6. The zero-order valence-corrected chi connectivity index (χ0v) is 20.2. The predicted molar refractivity (Wildman–Crippen MR) is 138 cm³/mol. The summed E-state index contributed by atoms with van der Waals surface area (Å²) in [5.74, 6) is -3.18. The minimum Gasteiger partial charge on any atom is -0.384 e. The molecule has 0 aliphatic carbocycles. The summed E-state index contributed by atoms with van der Waals surface area (Å²) in [4.78, 5) is 26.4. The third-order valence-electron chi connectivity index (χ3n) is 6.28. The molecular weight excluding hydrogens is 490 g/mol. The maximum atomic E-state index is 14.3. The molecular formula is C27H22F2N8O. The Labute approximate surface area is 216 Å². The van der Waals surface area contributed by atoms with Crippen molar-refractivity contribution in [2.45, 2.75) is 25.9 Å². The van der Waals surface area contributed by atoms with Gasteiger partial charge in [-0.1, -0.05) is 12.1 Å². The third-order valence-corrected chi connectivity index (χ3v) is 6.28. The number of amidine groups is 1. The Bertz CT molecular complexity index is 1600. The number of nitrogen functional groups attached to an aromatic ring is 1. The Morgan fingerprint density at radius 2 is 2.08 bits per heavy atom. The number of H-pyrrole nitrogens is 1. The Balaban J connectivity index is 1.63. The zero-order chi connectivity index (χ0) is 27.0. The zero-order valence-electron chi connectivity index (χ0n) is 20.2. The van der Waals surface area contributed by atoms with Crippen LogP contribution >= 0.6 is 0 Å². The number of carbonyl (C=O) groups is 1. The number of fused-ring (bicyclic) bond motifs is 1. The fraction of sp³-hybridized carbons (Fsp3) is 0.148. The van der Waals surface area contributed by atoms with Crippen molar-refractivity contribution < 1.29 is 13.6 Å². The maximum Gasteiger partial charge on any atom is 0.270 e. The van der Waals surface area contributed by atoms with E-state index in [1.165, 1.54) is 23.1 Å². The highest BCUT2D eigenvalue weighted by Gasteiger charge is 2.37. The highest BCUT2D eigenvalue weighted by atomic mass is 19.3. The van der Waals surface area contributed by atoms with Crippen LogP contribution in [0.25, 0.3) is 11.1 Å². The van der Waals surface area contributed by atoms with Crippen molar-refractivity contribution in [1.82, 2.24) is 15.0 Å². The molecule has 38 heavy (non-hydrogen) atoms. The van der Waals surface area contributed by atoms with Crippen molar-refractivity contribution >= 4 is 23.4 Å². The van der Waals surface area contributed by atoms with Crippen LogP contribution in [0.5, 0.6) is 0 Å². The Kier molecular flexibility index (Phi) is 6.08. The summed E-state index contributed by atoms with van der Waals surface area (Å²) in [6.07, 6.45) is 3.26. The standard InChI is InChI=1S/C27H22F2N8O/c1-27(28,29)22-4-2-3-19-21(22)13-37(26(19)38)24-9-16(8-23(36-24)34-12-17-11-33-14-35-17)20-7-15(10-30)5-6-18(20)25(31)32/h2-9,11,14H,12-13H2,1H3,(H3,31,32)(H,33,35)(H,34,36). The number of alkyl halides is 2. The average molecular weight is 513 g/mol. The van der Waals surface area contributed by atoms with E-state index in [9.17, 15) is 18.8 Å². The number of benzene rings is 2. The molecule has 9 nitrogen and oxygen atoms in total. The van der Waals surface area contributed by atoms with Gasteiger partial charge in [0.2, 0.25) is 0 Å². The maximum absolute atomic E-state index is 14.3. The lowest BCUT2D eigenvalue weighted by Crippen LogP contribution is -2.24. The monoisotopic (exact) mass is 512 g/mol. The molecule has 1 aliphatic rings. The van der Waals surface area contributed by atoms with Gasteiger partial charge in [-0.05, 0) is 53.1 Å². The first-order valence-corrected chi connectivity index (χ1v) is 11.6. The topological polar surface area (TPSA) is 148 Å². The third kappa shape index (κ3) is 4.55. The molecule has 5 rings (SSSR count). The van der Waals surface area contributed by atoms with Gasteiger partial charge in [-0.25, -0.2) is 18.7 Å². The number of nitrogens with one attached hydrogen (secondary N) is 3. The second kappa shape index (κ2) is 9.40. The second-order valence-electron chi connectivity index (χ2n) is 8.91. The number of nitrogens with two attached hydrogens (primary N) is 1. The first-order chi connectivity index (χ1) is 18.2. The fourth-order valence-corrected chi connectivity index (χ4v) is 4.49. The van der Waals surface area contributed by atoms with Crippen LogP contribution < -0.4 is 16.0 Å². The van der Waals surface area contributed by atoms with Crippen LogP contribution in [0, 0.1) is 16.7 Å². The highest BCUT2D eigenvalue weighted by molar-refractivity contribution is 6.10. The summed E-state index contributed by atoms with van der Waals surface area (Å²) in [5, 5.41) is 20.6. The van der Waals surface area contributed by atoms with E-state index < -0.39 is 11.8 Å². The number of rotatable bonds is 7. The number of hydrogen-bond acceptors (Lipinski definition) is 6. The van der Waals surface area contributed by atoms with Crippen molar-refractivity contribution in [1.29, 1.82) is 10.7 Å². The van der Waals surface area contributed by atoms with Crippen LogP contribution in [-0.2, 0) is 19.0 Å². The van der Waals surface area contributed by atoms with E-state index in [1.807, 2.05) is 0 Å². The molecule has 0 saturated carbocycles. The van der Waals surface area contributed by atoms with Crippen molar-refractivity contribution in [3.05, 3.63) is 94.6 Å². The Hall–Kier alpha value is -5.11. The molecule has 190 valence electrons. The van der Waals surface area contributed by atoms with Gasteiger partial charge in [-0.15, -0.1) is 0 Å². The molecule has 2 aromatic carbocycles. The van der Waals surface area contributed by atoms with E-state index in [-0.39, 0.29) is 34.9 Å². The van der Waals surface area contributed by atoms with Gasteiger partial charge in [0, 0.05) is 29.8 Å².